The molecule has 0 spiro atoms. The minimum atomic E-state index is -0.211. The molecule has 0 fully saturated rings. The average molecular weight is 307 g/mol. The predicted octanol–water partition coefficient (Wildman–Crippen LogP) is 1.81. The number of ether oxygens (including phenoxy) is 1. The van der Waals surface area contributed by atoms with Gasteiger partial charge in [0.25, 0.3) is 0 Å². The van der Waals surface area contributed by atoms with Crippen LogP contribution in [-0.4, -0.2) is 12.5 Å². The molecule has 0 aliphatic carbocycles. The molecular formula is C12H14N2O2Y-2. The van der Waals surface area contributed by atoms with Crippen LogP contribution >= 0.6 is 0 Å². The van der Waals surface area contributed by atoms with Gasteiger partial charge >= 0.3 is 0 Å². The number of nitrogens with zero attached hydrogens (tertiary/aromatic N) is 1. The zero-order valence-electron chi connectivity index (χ0n) is 9.72. The number of benzene rings is 1. The van der Waals surface area contributed by atoms with Crippen LogP contribution in [0.5, 0.6) is 0 Å². The van der Waals surface area contributed by atoms with Crippen molar-refractivity contribution in [2.45, 2.75) is 13.5 Å². The van der Waals surface area contributed by atoms with Gasteiger partial charge in [-0.05, 0) is 5.56 Å². The van der Waals surface area contributed by atoms with Crippen molar-refractivity contribution in [1.29, 1.82) is 0 Å². The van der Waals surface area contributed by atoms with Crippen molar-refractivity contribution in [2.75, 3.05) is 6.61 Å². The molecular weight excluding hydrogens is 293 g/mol. The van der Waals surface area contributed by atoms with Crippen LogP contribution in [0.3, 0.4) is 0 Å². The predicted molar refractivity (Wildman–Crippen MR) is 62.2 cm³/mol. The summed E-state index contributed by atoms with van der Waals surface area (Å²) in [7, 11) is 0. The fourth-order valence-corrected chi connectivity index (χ4v) is 1.14. The van der Waals surface area contributed by atoms with Crippen LogP contribution in [0.1, 0.15) is 12.5 Å². The maximum Gasteiger partial charge on any atom is 0.0870 e. The zero-order valence-corrected chi connectivity index (χ0v) is 12.6. The average Bonchev–Trinajstić information content (AvgIpc) is 2.34. The van der Waals surface area contributed by atoms with E-state index in [-0.39, 0.29) is 45.2 Å². The largest absolute Gasteiger partial charge is 0.874 e. The van der Waals surface area contributed by atoms with Gasteiger partial charge in [-0.1, -0.05) is 30.3 Å². The van der Waals surface area contributed by atoms with Gasteiger partial charge in [-0.25, -0.2) is 5.90 Å². The van der Waals surface area contributed by atoms with Gasteiger partial charge in [0.15, 0.2) is 0 Å². The third-order valence-corrected chi connectivity index (χ3v) is 2.01. The molecule has 0 aliphatic heterocycles. The number of hydrogen-bond acceptors (Lipinski definition) is 3. The summed E-state index contributed by atoms with van der Waals surface area (Å²) < 4.78 is 5.17. The Morgan fingerprint density at radius 3 is 2.53 bits per heavy atom. The molecule has 89 valence electrons. The molecule has 5 heteroatoms. The zero-order chi connectivity index (χ0) is 11.8. The standard InChI is InChI=1S/C12H14N2O2.Y/c1-2-11(9-16-14)12(13)15-8-10-6-4-3-5-7-10;/h3-7H,8-9,14H2,1H3;/q-2;. The Morgan fingerprint density at radius 1 is 1.35 bits per heavy atom. The molecule has 1 aromatic carbocycles. The van der Waals surface area contributed by atoms with E-state index in [1.54, 1.807) is 6.92 Å². The number of allylic oxidation sites excluding steroid dienone is 1. The summed E-state index contributed by atoms with van der Waals surface area (Å²) in [6.45, 7) is 2.01. The summed E-state index contributed by atoms with van der Waals surface area (Å²) >= 11 is 0. The minimum absolute atomic E-state index is 0. The Hall–Kier alpha value is -0.546. The normalized spacial score (nSPS) is 10.6. The molecule has 0 unspecified atom stereocenters. The molecule has 1 aromatic rings. The third-order valence-electron chi connectivity index (χ3n) is 2.01. The van der Waals surface area contributed by atoms with Gasteiger partial charge in [0, 0.05) is 32.7 Å². The van der Waals surface area contributed by atoms with Crippen LogP contribution in [0.4, 0.5) is 0 Å². The van der Waals surface area contributed by atoms with Gasteiger partial charge in [0.1, 0.15) is 0 Å². The van der Waals surface area contributed by atoms with Crippen LogP contribution in [0, 0.1) is 6.08 Å². The molecule has 0 aromatic heterocycles. The smallest absolute Gasteiger partial charge is 0.0870 e. The quantitative estimate of drug-likeness (QED) is 0.390. The number of nitrogens with two attached hydrogens (primary N) is 1. The van der Waals surface area contributed by atoms with E-state index < -0.39 is 0 Å². The van der Waals surface area contributed by atoms with Gasteiger partial charge < -0.3 is 15.0 Å². The molecule has 4 nitrogen and oxygen atoms in total. The van der Waals surface area contributed by atoms with Crippen LogP contribution in [0.25, 0.3) is 5.41 Å². The van der Waals surface area contributed by atoms with Crippen molar-refractivity contribution < 1.29 is 42.3 Å². The van der Waals surface area contributed by atoms with Gasteiger partial charge in [0.2, 0.25) is 0 Å². The summed E-state index contributed by atoms with van der Waals surface area (Å²) in [5, 5.41) is 9.56. The van der Waals surface area contributed by atoms with Crippen LogP contribution in [0.2, 0.25) is 0 Å². The van der Waals surface area contributed by atoms with Crippen molar-refractivity contribution >= 4 is 5.90 Å². The van der Waals surface area contributed by atoms with E-state index in [0.717, 1.165) is 5.56 Å². The topological polar surface area (TPSA) is 66.8 Å². The Labute approximate surface area is 127 Å². The van der Waals surface area contributed by atoms with Gasteiger partial charge in [-0.3, -0.25) is 6.08 Å². The van der Waals surface area contributed by atoms with Crippen LogP contribution in [0.15, 0.2) is 35.9 Å². The van der Waals surface area contributed by atoms with E-state index >= 15 is 0 Å². The molecule has 0 saturated heterocycles. The Bertz CT molecular complexity index is 366. The molecule has 17 heavy (non-hydrogen) atoms. The summed E-state index contributed by atoms with van der Waals surface area (Å²) in [6, 6.07) is 9.54. The first-order valence-electron chi connectivity index (χ1n) is 4.86. The monoisotopic (exact) mass is 307 g/mol. The van der Waals surface area contributed by atoms with Gasteiger partial charge in [-0.2, -0.15) is 11.5 Å². The minimum Gasteiger partial charge on any atom is -0.874 e. The van der Waals surface area contributed by atoms with E-state index in [1.807, 2.05) is 30.3 Å². The summed E-state index contributed by atoms with van der Waals surface area (Å²) in [5.74, 6) is 4.70. The molecule has 1 radical (unpaired) electrons. The third kappa shape index (κ3) is 6.08. The van der Waals surface area contributed by atoms with Crippen molar-refractivity contribution in [1.82, 2.24) is 0 Å². The van der Waals surface area contributed by atoms with Gasteiger partial charge in [0.05, 0.1) is 13.2 Å². The fraction of sp³-hybridized carbons (Fsp3) is 0.250. The maximum absolute atomic E-state index is 9.56. The SMILES string of the molecule is C[C-]=C(CON)C(=[N-])OCc1ccccc1.[Y]. The van der Waals surface area contributed by atoms with E-state index in [9.17, 15) is 5.41 Å². The molecule has 0 heterocycles. The second-order valence-corrected chi connectivity index (χ2v) is 3.12. The summed E-state index contributed by atoms with van der Waals surface area (Å²) in [4.78, 5) is 4.41. The summed E-state index contributed by atoms with van der Waals surface area (Å²) in [5.41, 5.74) is 1.37. The molecule has 0 amide bonds. The van der Waals surface area contributed by atoms with Crippen LogP contribution < -0.4 is 5.90 Å². The maximum atomic E-state index is 9.56. The first-order valence-corrected chi connectivity index (χ1v) is 4.86. The summed E-state index contributed by atoms with van der Waals surface area (Å²) in [6.07, 6.45) is 2.74. The molecule has 0 atom stereocenters. The molecule has 1 rings (SSSR count). The second-order valence-electron chi connectivity index (χ2n) is 3.12. The molecule has 2 N–H and O–H groups in total. The van der Waals surface area contributed by atoms with Crippen LogP contribution in [-0.2, 0) is 48.9 Å². The van der Waals surface area contributed by atoms with Crippen molar-refractivity contribution in [3.63, 3.8) is 0 Å². The van der Waals surface area contributed by atoms with E-state index in [0.29, 0.717) is 12.2 Å². The van der Waals surface area contributed by atoms with E-state index in [4.69, 9.17) is 10.6 Å². The molecule has 0 saturated carbocycles. The molecule has 0 aliphatic rings. The van der Waals surface area contributed by atoms with E-state index in [2.05, 4.69) is 10.9 Å². The Kier molecular flexibility index (Phi) is 9.18. The van der Waals surface area contributed by atoms with E-state index in [1.165, 1.54) is 0 Å². The Balaban J connectivity index is 0.00000256. The van der Waals surface area contributed by atoms with Crippen molar-refractivity contribution in [3.8, 4) is 0 Å². The van der Waals surface area contributed by atoms with Gasteiger partial charge in [-0.15, -0.1) is 6.92 Å². The van der Waals surface area contributed by atoms with Crippen molar-refractivity contribution in [2.24, 2.45) is 5.90 Å². The first kappa shape index (κ1) is 16.5. The number of hydrogen-bond donors (Lipinski definition) is 1. The molecule has 0 bridgehead atoms. The second kappa shape index (κ2) is 9.48. The number of rotatable bonds is 5. The Morgan fingerprint density at radius 2 is 2.00 bits per heavy atom. The first-order chi connectivity index (χ1) is 7.77. The van der Waals surface area contributed by atoms with Crippen molar-refractivity contribution in [3.05, 3.63) is 53.0 Å². The fourth-order valence-electron chi connectivity index (χ4n) is 1.14.